The number of hydrogen-bond donors (Lipinski definition) is 1. The van der Waals surface area contributed by atoms with E-state index in [1.54, 1.807) is 17.0 Å². The van der Waals surface area contributed by atoms with Crippen molar-refractivity contribution in [2.75, 3.05) is 18.1 Å². The molecule has 1 aliphatic heterocycles. The van der Waals surface area contributed by atoms with Crippen molar-refractivity contribution in [1.82, 2.24) is 5.32 Å². The highest BCUT2D eigenvalue weighted by Crippen LogP contribution is 2.27. The lowest BCUT2D eigenvalue weighted by atomic mass is 10.1. The number of ether oxygens (including phenoxy) is 1. The highest BCUT2D eigenvalue weighted by Gasteiger charge is 2.22. The zero-order valence-electron chi connectivity index (χ0n) is 10.8. The average molecular weight is 260 g/mol. The number of benzene rings is 1. The van der Waals surface area contributed by atoms with E-state index < -0.39 is 0 Å². The van der Waals surface area contributed by atoms with Gasteiger partial charge in [-0.2, -0.15) is 0 Å². The van der Waals surface area contributed by atoms with Gasteiger partial charge in [-0.15, -0.1) is 0 Å². The fourth-order valence-electron chi connectivity index (χ4n) is 1.96. The predicted molar refractivity (Wildman–Crippen MR) is 72.4 cm³/mol. The second-order valence-electron chi connectivity index (χ2n) is 4.36. The molecule has 0 saturated carbocycles. The van der Waals surface area contributed by atoms with Gasteiger partial charge in [-0.25, -0.2) is 4.79 Å². The maximum Gasteiger partial charge on any atom is 0.326 e. The molecule has 1 aromatic carbocycles. The van der Waals surface area contributed by atoms with Crippen LogP contribution in [0.3, 0.4) is 0 Å². The molecule has 1 aromatic rings. The van der Waals surface area contributed by atoms with Crippen molar-refractivity contribution in [3.63, 3.8) is 0 Å². The number of carbonyl (C=O) groups is 2. The zero-order valence-corrected chi connectivity index (χ0v) is 10.8. The number of amides is 2. The van der Waals surface area contributed by atoms with Gasteiger partial charge in [0.1, 0.15) is 12.4 Å². The number of nitrogens with one attached hydrogen (secondary N) is 1. The number of aldehydes is 1. The summed E-state index contributed by atoms with van der Waals surface area (Å²) in [5.74, 6) is 0.574. The van der Waals surface area contributed by atoms with Crippen LogP contribution in [0, 0.1) is 6.92 Å². The summed E-state index contributed by atoms with van der Waals surface area (Å²) in [5, 5.41) is 2.71. The summed E-state index contributed by atoms with van der Waals surface area (Å²) in [7, 11) is 0. The van der Waals surface area contributed by atoms with Crippen LogP contribution in [0.2, 0.25) is 0 Å². The van der Waals surface area contributed by atoms with Crippen LogP contribution in [-0.2, 0) is 4.79 Å². The van der Waals surface area contributed by atoms with E-state index in [4.69, 9.17) is 4.74 Å². The van der Waals surface area contributed by atoms with E-state index in [1.165, 1.54) is 0 Å². The van der Waals surface area contributed by atoms with Crippen molar-refractivity contribution in [3.8, 4) is 5.75 Å². The van der Waals surface area contributed by atoms with Gasteiger partial charge in [0, 0.05) is 24.7 Å². The Hall–Kier alpha value is -2.30. The highest BCUT2D eigenvalue weighted by atomic mass is 16.5. The first-order valence-electron chi connectivity index (χ1n) is 6.05. The lowest BCUT2D eigenvalue weighted by molar-refractivity contribution is -0.109. The van der Waals surface area contributed by atoms with Gasteiger partial charge in [0.25, 0.3) is 0 Å². The van der Waals surface area contributed by atoms with E-state index in [1.807, 2.05) is 13.0 Å². The maximum absolute atomic E-state index is 11.9. The van der Waals surface area contributed by atoms with Crippen LogP contribution in [-0.4, -0.2) is 25.5 Å². The van der Waals surface area contributed by atoms with Gasteiger partial charge < -0.3 is 10.1 Å². The molecule has 1 aliphatic rings. The summed E-state index contributed by atoms with van der Waals surface area (Å²) in [4.78, 5) is 23.9. The summed E-state index contributed by atoms with van der Waals surface area (Å²) in [6, 6.07) is 5.23. The van der Waals surface area contributed by atoms with Crippen LogP contribution >= 0.6 is 0 Å². The standard InChI is InChI=1S/C14H16N2O3/c1-10-3-4-12(19-8-7-17)9-13(10)16-6-5-11(2)15-14(16)18/h3-4,7,9H,2,5-6,8H2,1H3,(H,15,18). The zero-order chi connectivity index (χ0) is 13.8. The minimum Gasteiger partial charge on any atom is -0.486 e. The Balaban J connectivity index is 2.25. The molecule has 2 amide bonds. The van der Waals surface area contributed by atoms with E-state index in [9.17, 15) is 9.59 Å². The normalized spacial score (nSPS) is 15.1. The molecular formula is C14H16N2O3. The molecule has 19 heavy (non-hydrogen) atoms. The topological polar surface area (TPSA) is 58.6 Å². The molecule has 0 aliphatic carbocycles. The Labute approximate surface area is 111 Å². The third-order valence-corrected chi connectivity index (χ3v) is 2.96. The number of carbonyl (C=O) groups excluding carboxylic acids is 2. The summed E-state index contributed by atoms with van der Waals surface area (Å²) in [6.07, 6.45) is 1.40. The Kier molecular flexibility index (Phi) is 3.85. The first-order chi connectivity index (χ1) is 9.11. The van der Waals surface area contributed by atoms with E-state index in [0.29, 0.717) is 25.0 Å². The average Bonchev–Trinajstić information content (AvgIpc) is 2.38. The second-order valence-corrected chi connectivity index (χ2v) is 4.36. The van der Waals surface area contributed by atoms with E-state index in [2.05, 4.69) is 11.9 Å². The Morgan fingerprint density at radius 2 is 2.32 bits per heavy atom. The molecule has 1 fully saturated rings. The number of anilines is 1. The summed E-state index contributed by atoms with van der Waals surface area (Å²) >= 11 is 0. The summed E-state index contributed by atoms with van der Waals surface area (Å²) in [5.41, 5.74) is 2.49. The molecule has 100 valence electrons. The summed E-state index contributed by atoms with van der Waals surface area (Å²) < 4.78 is 5.25. The van der Waals surface area contributed by atoms with Crippen LogP contribution in [0.4, 0.5) is 10.5 Å². The number of urea groups is 1. The number of nitrogens with zero attached hydrogens (tertiary/aromatic N) is 1. The van der Waals surface area contributed by atoms with Crippen molar-refractivity contribution < 1.29 is 14.3 Å². The predicted octanol–water partition coefficient (Wildman–Crippen LogP) is 2.01. The van der Waals surface area contributed by atoms with Crippen molar-refractivity contribution in [3.05, 3.63) is 36.0 Å². The number of rotatable bonds is 4. The Morgan fingerprint density at radius 1 is 1.53 bits per heavy atom. The molecule has 2 rings (SSSR count). The van der Waals surface area contributed by atoms with E-state index in [-0.39, 0.29) is 12.6 Å². The molecule has 0 aromatic heterocycles. The van der Waals surface area contributed by atoms with Crippen LogP contribution in [0.25, 0.3) is 0 Å². The molecule has 1 N–H and O–H groups in total. The molecular weight excluding hydrogens is 244 g/mol. The molecule has 5 nitrogen and oxygen atoms in total. The third-order valence-electron chi connectivity index (χ3n) is 2.96. The van der Waals surface area contributed by atoms with Crippen molar-refractivity contribution in [2.45, 2.75) is 13.3 Å². The fraction of sp³-hybridized carbons (Fsp3) is 0.286. The monoisotopic (exact) mass is 260 g/mol. The van der Waals surface area contributed by atoms with Gasteiger partial charge in [-0.3, -0.25) is 9.69 Å². The third kappa shape index (κ3) is 2.93. The van der Waals surface area contributed by atoms with E-state index >= 15 is 0 Å². The van der Waals surface area contributed by atoms with Gasteiger partial charge >= 0.3 is 6.03 Å². The minimum atomic E-state index is -0.188. The molecule has 5 heteroatoms. The first-order valence-corrected chi connectivity index (χ1v) is 6.05. The van der Waals surface area contributed by atoms with Crippen molar-refractivity contribution in [2.24, 2.45) is 0 Å². The number of hydrogen-bond acceptors (Lipinski definition) is 3. The molecule has 0 radical (unpaired) electrons. The van der Waals surface area contributed by atoms with Crippen LogP contribution in [0.5, 0.6) is 5.75 Å². The largest absolute Gasteiger partial charge is 0.486 e. The highest BCUT2D eigenvalue weighted by molar-refractivity contribution is 5.95. The minimum absolute atomic E-state index is 0.00546. The molecule has 0 bridgehead atoms. The van der Waals surface area contributed by atoms with Crippen molar-refractivity contribution >= 4 is 18.0 Å². The molecule has 0 unspecified atom stereocenters. The first kappa shape index (κ1) is 13.1. The second kappa shape index (κ2) is 5.56. The Bertz CT molecular complexity index is 525. The Morgan fingerprint density at radius 3 is 3.00 bits per heavy atom. The lowest BCUT2D eigenvalue weighted by Crippen LogP contribution is -2.45. The smallest absolute Gasteiger partial charge is 0.326 e. The van der Waals surface area contributed by atoms with Crippen LogP contribution < -0.4 is 15.0 Å². The van der Waals surface area contributed by atoms with Crippen molar-refractivity contribution in [1.29, 1.82) is 0 Å². The maximum atomic E-state index is 11.9. The summed E-state index contributed by atoms with van der Waals surface area (Å²) in [6.45, 7) is 6.27. The van der Waals surface area contributed by atoms with Gasteiger partial charge in [0.05, 0.1) is 5.69 Å². The lowest BCUT2D eigenvalue weighted by Gasteiger charge is -2.30. The molecule has 1 heterocycles. The number of aryl methyl sites for hydroxylation is 1. The van der Waals surface area contributed by atoms with Gasteiger partial charge in [-0.05, 0) is 18.6 Å². The van der Waals surface area contributed by atoms with Gasteiger partial charge in [0.2, 0.25) is 0 Å². The molecule has 0 atom stereocenters. The van der Waals surface area contributed by atoms with Crippen LogP contribution in [0.15, 0.2) is 30.5 Å². The SMILES string of the molecule is C=C1CCN(c2cc(OCC=O)ccc2C)C(=O)N1. The fourth-order valence-corrected chi connectivity index (χ4v) is 1.96. The molecule has 1 saturated heterocycles. The van der Waals surface area contributed by atoms with Crippen LogP contribution in [0.1, 0.15) is 12.0 Å². The van der Waals surface area contributed by atoms with Gasteiger partial charge in [-0.1, -0.05) is 12.6 Å². The quantitative estimate of drug-likeness (QED) is 0.842. The van der Waals surface area contributed by atoms with E-state index in [0.717, 1.165) is 16.9 Å². The molecule has 0 spiro atoms. The van der Waals surface area contributed by atoms with Gasteiger partial charge in [0.15, 0.2) is 6.29 Å².